The molecule has 1 N–H and O–H groups in total. The van der Waals surface area contributed by atoms with Crippen molar-refractivity contribution in [1.82, 2.24) is 10.3 Å². The predicted molar refractivity (Wildman–Crippen MR) is 102 cm³/mol. The van der Waals surface area contributed by atoms with Crippen molar-refractivity contribution in [2.45, 2.75) is 19.3 Å². The average Bonchev–Trinajstić information content (AvgIpc) is 3.20. The molecule has 1 unspecified atom stereocenters. The van der Waals surface area contributed by atoms with Gasteiger partial charge < -0.3 is 14.5 Å². The Kier molecular flexibility index (Phi) is 5.37. The minimum atomic E-state index is -0.299. The molecule has 0 saturated carbocycles. The molecule has 28 heavy (non-hydrogen) atoms. The van der Waals surface area contributed by atoms with Gasteiger partial charge in [-0.15, -0.1) is 0 Å². The lowest BCUT2D eigenvalue weighted by atomic mass is 9.97. The Morgan fingerprint density at radius 2 is 2.00 bits per heavy atom. The van der Waals surface area contributed by atoms with Crippen LogP contribution < -0.4 is 10.1 Å². The highest BCUT2D eigenvalue weighted by Gasteiger charge is 2.20. The van der Waals surface area contributed by atoms with Crippen LogP contribution in [-0.2, 0) is 17.6 Å². The first kappa shape index (κ1) is 18.2. The lowest BCUT2D eigenvalue weighted by Gasteiger charge is -2.25. The van der Waals surface area contributed by atoms with Crippen molar-refractivity contribution in [2.24, 2.45) is 5.92 Å². The summed E-state index contributed by atoms with van der Waals surface area (Å²) in [7, 11) is 0. The fourth-order valence-corrected chi connectivity index (χ4v) is 3.26. The number of amides is 1. The van der Waals surface area contributed by atoms with E-state index in [0.717, 1.165) is 17.7 Å². The lowest BCUT2D eigenvalue weighted by molar-refractivity contribution is -0.121. The molecule has 2 aromatic carbocycles. The van der Waals surface area contributed by atoms with E-state index in [0.29, 0.717) is 37.6 Å². The Hall–Kier alpha value is -3.15. The Balaban J connectivity index is 1.24. The predicted octanol–water partition coefficient (Wildman–Crippen LogP) is 3.78. The number of carbonyl (C=O) groups is 1. The molecular formula is C22H21FN2O3. The molecule has 6 heteroatoms. The number of aryl methyl sites for hydroxylation is 1. The summed E-state index contributed by atoms with van der Waals surface area (Å²) in [6.07, 6.45) is 3.21. The molecule has 0 fully saturated rings. The summed E-state index contributed by atoms with van der Waals surface area (Å²) in [6.45, 7) is 1.19. The maximum Gasteiger partial charge on any atom is 0.220 e. The first-order valence-corrected chi connectivity index (χ1v) is 9.35. The van der Waals surface area contributed by atoms with E-state index in [4.69, 9.17) is 9.15 Å². The second-order valence-corrected chi connectivity index (χ2v) is 6.92. The molecule has 5 nitrogen and oxygen atoms in total. The van der Waals surface area contributed by atoms with Crippen molar-refractivity contribution in [2.75, 3.05) is 13.2 Å². The number of rotatable bonds is 6. The van der Waals surface area contributed by atoms with E-state index < -0.39 is 0 Å². The molecule has 144 valence electrons. The van der Waals surface area contributed by atoms with Crippen LogP contribution in [0.4, 0.5) is 4.39 Å². The zero-order chi connectivity index (χ0) is 19.3. The maximum atomic E-state index is 13.0. The first-order valence-electron chi connectivity index (χ1n) is 9.35. The molecule has 1 aromatic heterocycles. The van der Waals surface area contributed by atoms with Crippen molar-refractivity contribution in [1.29, 1.82) is 0 Å². The molecular weight excluding hydrogens is 359 g/mol. The fourth-order valence-electron chi connectivity index (χ4n) is 3.26. The monoisotopic (exact) mass is 380 g/mol. The normalized spacial score (nSPS) is 15.5. The van der Waals surface area contributed by atoms with E-state index in [1.54, 1.807) is 18.3 Å². The van der Waals surface area contributed by atoms with E-state index in [-0.39, 0.29) is 17.6 Å². The number of hydrogen-bond donors (Lipinski definition) is 1. The van der Waals surface area contributed by atoms with Gasteiger partial charge in [-0.05, 0) is 42.3 Å². The summed E-state index contributed by atoms with van der Waals surface area (Å²) in [5.74, 6) is 1.92. The van der Waals surface area contributed by atoms with Crippen LogP contribution in [-0.4, -0.2) is 24.0 Å². The third kappa shape index (κ3) is 4.39. The molecule has 4 rings (SSSR count). The first-order chi connectivity index (χ1) is 13.7. The van der Waals surface area contributed by atoms with Gasteiger partial charge >= 0.3 is 0 Å². The standard InChI is InChI=1S/C22H21FN2O3/c23-18-7-5-16(6-8-18)20-13-25-22(28-20)10-9-21(26)24-12-15-11-17-3-1-2-4-19(17)27-14-15/h1-8,13,15H,9-12,14H2,(H,24,26). The zero-order valence-electron chi connectivity index (χ0n) is 15.4. The van der Waals surface area contributed by atoms with Gasteiger partial charge in [-0.3, -0.25) is 4.79 Å². The largest absolute Gasteiger partial charge is 0.493 e. The van der Waals surface area contributed by atoms with Crippen molar-refractivity contribution in [3.05, 3.63) is 72.0 Å². The number of aromatic nitrogens is 1. The van der Waals surface area contributed by atoms with E-state index in [1.165, 1.54) is 17.7 Å². The van der Waals surface area contributed by atoms with E-state index >= 15 is 0 Å². The van der Waals surface area contributed by atoms with E-state index in [1.807, 2.05) is 18.2 Å². The molecule has 0 radical (unpaired) electrons. The highest BCUT2D eigenvalue weighted by atomic mass is 19.1. The quantitative estimate of drug-likeness (QED) is 0.707. The number of carbonyl (C=O) groups excluding carboxylic acids is 1. The number of oxazole rings is 1. The van der Waals surface area contributed by atoms with Crippen molar-refractivity contribution in [3.8, 4) is 17.1 Å². The Bertz CT molecular complexity index is 952. The third-order valence-electron chi connectivity index (χ3n) is 4.79. The topological polar surface area (TPSA) is 64.4 Å². The molecule has 1 atom stereocenters. The van der Waals surface area contributed by atoms with Crippen LogP contribution in [0.5, 0.6) is 5.75 Å². The number of ether oxygens (including phenoxy) is 1. The fraction of sp³-hybridized carbons (Fsp3) is 0.273. The van der Waals surface area contributed by atoms with Gasteiger partial charge in [-0.2, -0.15) is 0 Å². The van der Waals surface area contributed by atoms with Gasteiger partial charge in [-0.1, -0.05) is 18.2 Å². The lowest BCUT2D eigenvalue weighted by Crippen LogP contribution is -2.34. The van der Waals surface area contributed by atoms with Crippen molar-refractivity contribution >= 4 is 5.91 Å². The van der Waals surface area contributed by atoms with Crippen LogP contribution in [0, 0.1) is 11.7 Å². The number of nitrogens with one attached hydrogen (secondary N) is 1. The van der Waals surface area contributed by atoms with E-state index in [9.17, 15) is 9.18 Å². The van der Waals surface area contributed by atoms with Crippen LogP contribution in [0.1, 0.15) is 17.9 Å². The zero-order valence-corrected chi connectivity index (χ0v) is 15.4. The summed E-state index contributed by atoms with van der Waals surface area (Å²) >= 11 is 0. The minimum absolute atomic E-state index is 0.0413. The smallest absolute Gasteiger partial charge is 0.220 e. The summed E-state index contributed by atoms with van der Waals surface area (Å²) in [5, 5.41) is 2.97. The number of halogens is 1. The van der Waals surface area contributed by atoms with Crippen LogP contribution in [0.25, 0.3) is 11.3 Å². The van der Waals surface area contributed by atoms with Crippen LogP contribution >= 0.6 is 0 Å². The molecule has 0 spiro atoms. The molecule has 0 bridgehead atoms. The SMILES string of the molecule is O=C(CCc1ncc(-c2ccc(F)cc2)o1)NCC1COc2ccccc2C1. The minimum Gasteiger partial charge on any atom is -0.493 e. The maximum absolute atomic E-state index is 13.0. The molecule has 1 aliphatic rings. The highest BCUT2D eigenvalue weighted by molar-refractivity contribution is 5.76. The molecule has 0 aliphatic carbocycles. The molecule has 1 amide bonds. The summed E-state index contributed by atoms with van der Waals surface area (Å²) in [4.78, 5) is 16.4. The molecule has 2 heterocycles. The average molecular weight is 380 g/mol. The van der Waals surface area contributed by atoms with Gasteiger partial charge in [0.2, 0.25) is 5.91 Å². The number of para-hydroxylation sites is 1. The van der Waals surface area contributed by atoms with Crippen LogP contribution in [0.15, 0.2) is 59.1 Å². The summed E-state index contributed by atoms with van der Waals surface area (Å²) in [6, 6.07) is 14.0. The highest BCUT2D eigenvalue weighted by Crippen LogP contribution is 2.26. The third-order valence-corrected chi connectivity index (χ3v) is 4.79. The number of fused-ring (bicyclic) bond motifs is 1. The molecule has 0 saturated heterocycles. The van der Waals surface area contributed by atoms with Gasteiger partial charge in [0.1, 0.15) is 11.6 Å². The van der Waals surface area contributed by atoms with Crippen molar-refractivity contribution in [3.63, 3.8) is 0 Å². The summed E-state index contributed by atoms with van der Waals surface area (Å²) < 4.78 is 24.4. The van der Waals surface area contributed by atoms with Gasteiger partial charge in [0.05, 0.1) is 12.8 Å². The van der Waals surface area contributed by atoms with Gasteiger partial charge in [0, 0.05) is 30.9 Å². The molecule has 3 aromatic rings. The van der Waals surface area contributed by atoms with Crippen LogP contribution in [0.2, 0.25) is 0 Å². The second-order valence-electron chi connectivity index (χ2n) is 6.92. The van der Waals surface area contributed by atoms with Crippen molar-refractivity contribution < 1.29 is 18.3 Å². The summed E-state index contributed by atoms with van der Waals surface area (Å²) in [5.41, 5.74) is 1.93. The van der Waals surface area contributed by atoms with Gasteiger partial charge in [-0.25, -0.2) is 9.37 Å². The van der Waals surface area contributed by atoms with Gasteiger partial charge in [0.15, 0.2) is 11.7 Å². The molecule has 1 aliphatic heterocycles. The van der Waals surface area contributed by atoms with Crippen LogP contribution in [0.3, 0.4) is 0 Å². The number of hydrogen-bond acceptors (Lipinski definition) is 4. The van der Waals surface area contributed by atoms with Gasteiger partial charge in [0.25, 0.3) is 0 Å². The second kappa shape index (κ2) is 8.25. The number of benzene rings is 2. The Morgan fingerprint density at radius 3 is 2.86 bits per heavy atom. The Labute approximate surface area is 162 Å². The Morgan fingerprint density at radius 1 is 1.18 bits per heavy atom. The van der Waals surface area contributed by atoms with E-state index in [2.05, 4.69) is 16.4 Å². The number of nitrogens with zero attached hydrogens (tertiary/aromatic N) is 1.